The van der Waals surface area contributed by atoms with Gasteiger partial charge in [-0.2, -0.15) is 0 Å². The molecule has 0 amide bonds. The Morgan fingerprint density at radius 1 is 1.40 bits per heavy atom. The molecule has 2 aromatic heterocycles. The molecule has 0 atom stereocenters. The monoisotopic (exact) mass is 200 g/mol. The summed E-state index contributed by atoms with van der Waals surface area (Å²) in [7, 11) is 0. The molecular weight excluding hydrogens is 188 g/mol. The maximum Gasteiger partial charge on any atom is 0.232 e. The van der Waals surface area contributed by atoms with Crippen LogP contribution in [0.4, 0.5) is 0 Å². The number of nitrogens with zero attached hydrogens (tertiary/aromatic N) is 2. The quantitative estimate of drug-likeness (QED) is 0.654. The van der Waals surface area contributed by atoms with Crippen LogP contribution < -0.4 is 0 Å². The van der Waals surface area contributed by atoms with Gasteiger partial charge in [-0.1, -0.05) is 0 Å². The topological polar surface area (TPSA) is 34.9 Å². The fourth-order valence-electron chi connectivity index (χ4n) is 2.41. The zero-order valence-corrected chi connectivity index (χ0v) is 8.66. The van der Waals surface area contributed by atoms with E-state index in [-0.39, 0.29) is 5.91 Å². The normalized spacial score (nSPS) is 15.7. The van der Waals surface area contributed by atoms with Crippen LogP contribution in [-0.2, 0) is 6.42 Å². The molecule has 0 fully saturated rings. The lowest BCUT2D eigenvalue weighted by Crippen LogP contribution is -2.19. The molecule has 3 heterocycles. The predicted octanol–water partition coefficient (Wildman–Crippen LogP) is 2.32. The molecule has 1 aliphatic heterocycles. The lowest BCUT2D eigenvalue weighted by molar-refractivity contribution is 0.0889. The zero-order valence-electron chi connectivity index (χ0n) is 8.66. The highest BCUT2D eigenvalue weighted by Gasteiger charge is 2.22. The Morgan fingerprint density at radius 3 is 3.13 bits per heavy atom. The van der Waals surface area contributed by atoms with Gasteiger partial charge in [-0.05, 0) is 37.5 Å². The summed E-state index contributed by atoms with van der Waals surface area (Å²) >= 11 is 0. The third kappa shape index (κ3) is 1.06. The first-order valence-corrected chi connectivity index (χ1v) is 5.27. The minimum atomic E-state index is 0.188. The molecule has 0 spiro atoms. The van der Waals surface area contributed by atoms with Crippen LogP contribution in [0.5, 0.6) is 0 Å². The van der Waals surface area contributed by atoms with Gasteiger partial charge in [0.05, 0.1) is 0 Å². The van der Waals surface area contributed by atoms with Crippen LogP contribution in [0.25, 0.3) is 11.0 Å². The molecule has 3 rings (SSSR count). The van der Waals surface area contributed by atoms with Gasteiger partial charge in [0.1, 0.15) is 5.65 Å². The highest BCUT2D eigenvalue weighted by Crippen LogP contribution is 2.28. The fraction of sp³-hybridized carbons (Fsp3) is 0.333. The van der Waals surface area contributed by atoms with E-state index < -0.39 is 0 Å². The number of hydrogen-bond donors (Lipinski definition) is 0. The first kappa shape index (κ1) is 8.65. The number of carbonyl (C=O) groups is 1. The van der Waals surface area contributed by atoms with E-state index in [1.165, 1.54) is 5.56 Å². The molecule has 0 saturated carbocycles. The van der Waals surface area contributed by atoms with Crippen molar-refractivity contribution in [1.29, 1.82) is 0 Å². The molecule has 2 aromatic rings. The van der Waals surface area contributed by atoms with E-state index in [9.17, 15) is 4.79 Å². The molecule has 15 heavy (non-hydrogen) atoms. The summed E-state index contributed by atoms with van der Waals surface area (Å²) in [4.78, 5) is 16.1. The molecule has 0 aromatic carbocycles. The number of carbonyl (C=O) groups excluding carboxylic acids is 1. The van der Waals surface area contributed by atoms with Crippen molar-refractivity contribution in [3.8, 4) is 0 Å². The molecule has 0 unspecified atom stereocenters. The Labute approximate surface area is 87.7 Å². The van der Waals surface area contributed by atoms with Gasteiger partial charge in [-0.3, -0.25) is 9.36 Å². The zero-order chi connectivity index (χ0) is 10.4. The van der Waals surface area contributed by atoms with E-state index >= 15 is 0 Å². The molecule has 0 N–H and O–H groups in total. The minimum absolute atomic E-state index is 0.188. The lowest BCUT2D eigenvalue weighted by atomic mass is 10.1. The van der Waals surface area contributed by atoms with E-state index in [0.29, 0.717) is 6.42 Å². The summed E-state index contributed by atoms with van der Waals surface area (Å²) in [6.45, 7) is 2.08. The molecule has 76 valence electrons. The second-order valence-corrected chi connectivity index (χ2v) is 4.03. The number of hydrogen-bond acceptors (Lipinski definition) is 2. The second-order valence-electron chi connectivity index (χ2n) is 4.03. The van der Waals surface area contributed by atoms with Gasteiger partial charge >= 0.3 is 0 Å². The van der Waals surface area contributed by atoms with Crippen molar-refractivity contribution in [2.45, 2.75) is 26.2 Å². The van der Waals surface area contributed by atoms with Gasteiger partial charge in [0, 0.05) is 23.7 Å². The Morgan fingerprint density at radius 2 is 2.27 bits per heavy atom. The van der Waals surface area contributed by atoms with Crippen molar-refractivity contribution in [2.24, 2.45) is 0 Å². The number of rotatable bonds is 0. The van der Waals surface area contributed by atoms with Gasteiger partial charge in [0.15, 0.2) is 0 Å². The van der Waals surface area contributed by atoms with Crippen molar-refractivity contribution in [1.82, 2.24) is 9.55 Å². The summed E-state index contributed by atoms with van der Waals surface area (Å²) in [5, 5.41) is 1.11. The summed E-state index contributed by atoms with van der Waals surface area (Å²) < 4.78 is 1.80. The molecule has 0 radical (unpaired) electrons. The largest absolute Gasteiger partial charge is 0.274 e. The van der Waals surface area contributed by atoms with Crippen molar-refractivity contribution < 1.29 is 4.79 Å². The van der Waals surface area contributed by atoms with Crippen molar-refractivity contribution in [3.05, 3.63) is 29.6 Å². The predicted molar refractivity (Wildman–Crippen MR) is 58.0 cm³/mol. The van der Waals surface area contributed by atoms with Gasteiger partial charge in [-0.25, -0.2) is 4.98 Å². The number of fused-ring (bicyclic) bond motifs is 3. The van der Waals surface area contributed by atoms with Gasteiger partial charge in [-0.15, -0.1) is 0 Å². The average molecular weight is 200 g/mol. The Balaban J connectivity index is 2.46. The smallest absolute Gasteiger partial charge is 0.232 e. The molecule has 1 aliphatic rings. The first-order chi connectivity index (χ1) is 7.29. The summed E-state index contributed by atoms with van der Waals surface area (Å²) in [5.41, 5.74) is 3.20. The van der Waals surface area contributed by atoms with Crippen LogP contribution in [-0.4, -0.2) is 15.5 Å². The maximum atomic E-state index is 11.8. The van der Waals surface area contributed by atoms with Crippen molar-refractivity contribution >= 4 is 16.9 Å². The molecule has 0 saturated heterocycles. The van der Waals surface area contributed by atoms with Gasteiger partial charge in [0.25, 0.3) is 0 Å². The van der Waals surface area contributed by atoms with Gasteiger partial charge < -0.3 is 0 Å². The maximum absolute atomic E-state index is 11.8. The van der Waals surface area contributed by atoms with Crippen LogP contribution >= 0.6 is 0 Å². The Bertz CT molecular complexity index is 554. The van der Waals surface area contributed by atoms with Crippen LogP contribution in [0.1, 0.15) is 28.9 Å². The Kier molecular flexibility index (Phi) is 1.69. The molecular formula is C12H12N2O. The van der Waals surface area contributed by atoms with E-state index in [0.717, 1.165) is 29.6 Å². The average Bonchev–Trinajstić information content (AvgIpc) is 2.55. The third-order valence-electron chi connectivity index (χ3n) is 3.16. The summed E-state index contributed by atoms with van der Waals surface area (Å²) in [5.74, 6) is 0.188. The summed E-state index contributed by atoms with van der Waals surface area (Å²) in [6.07, 6.45) is 4.35. The highest BCUT2D eigenvalue weighted by atomic mass is 16.2. The molecule has 3 heteroatoms. The minimum Gasteiger partial charge on any atom is -0.274 e. The van der Waals surface area contributed by atoms with Crippen LogP contribution in [0.2, 0.25) is 0 Å². The SMILES string of the molecule is Cc1c2n(c3ncccc13)C(=O)CCC2. The first-order valence-electron chi connectivity index (χ1n) is 5.27. The third-order valence-corrected chi connectivity index (χ3v) is 3.16. The van der Waals surface area contributed by atoms with E-state index in [1.54, 1.807) is 10.8 Å². The van der Waals surface area contributed by atoms with E-state index in [2.05, 4.69) is 11.9 Å². The van der Waals surface area contributed by atoms with E-state index in [1.807, 2.05) is 12.1 Å². The molecule has 0 bridgehead atoms. The fourth-order valence-corrected chi connectivity index (χ4v) is 2.41. The number of aryl methyl sites for hydroxylation is 1. The molecule has 3 nitrogen and oxygen atoms in total. The Hall–Kier alpha value is -1.64. The number of aromatic nitrogens is 2. The van der Waals surface area contributed by atoms with Crippen LogP contribution in [0, 0.1) is 6.92 Å². The lowest BCUT2D eigenvalue weighted by Gasteiger charge is -2.14. The van der Waals surface area contributed by atoms with Crippen LogP contribution in [0.3, 0.4) is 0 Å². The highest BCUT2D eigenvalue weighted by molar-refractivity contribution is 5.94. The van der Waals surface area contributed by atoms with Crippen molar-refractivity contribution in [2.75, 3.05) is 0 Å². The summed E-state index contributed by atoms with van der Waals surface area (Å²) in [6, 6.07) is 3.96. The second kappa shape index (κ2) is 2.92. The standard InChI is InChI=1S/C12H12N2O/c1-8-9-4-3-7-13-12(9)14-10(8)5-2-6-11(14)15/h3-4,7H,2,5-6H2,1H3. The van der Waals surface area contributed by atoms with Crippen molar-refractivity contribution in [3.63, 3.8) is 0 Å². The molecule has 0 aliphatic carbocycles. The van der Waals surface area contributed by atoms with E-state index in [4.69, 9.17) is 0 Å². The van der Waals surface area contributed by atoms with Crippen LogP contribution in [0.15, 0.2) is 18.3 Å². The van der Waals surface area contributed by atoms with Gasteiger partial charge in [0.2, 0.25) is 5.91 Å². The number of pyridine rings is 1.